The first-order valence-electron chi connectivity index (χ1n) is 7.80. The summed E-state index contributed by atoms with van der Waals surface area (Å²) >= 11 is 1.83. The maximum Gasteiger partial charge on any atom is 0.326 e. The molecular formula is C15H26N2O3S. The summed E-state index contributed by atoms with van der Waals surface area (Å²) in [5.41, 5.74) is 0. The summed E-state index contributed by atoms with van der Waals surface area (Å²) in [4.78, 5) is 25.3. The number of carbonyl (C=O) groups is 2. The lowest BCUT2D eigenvalue weighted by molar-refractivity contribution is -0.143. The molecule has 1 heterocycles. The molecule has 120 valence electrons. The summed E-state index contributed by atoms with van der Waals surface area (Å²) < 4.78 is 0.150. The highest BCUT2D eigenvalue weighted by atomic mass is 32.2. The highest BCUT2D eigenvalue weighted by Gasteiger charge is 2.37. The Kier molecular flexibility index (Phi) is 5.41. The van der Waals surface area contributed by atoms with Gasteiger partial charge in [0.15, 0.2) is 0 Å². The standard InChI is InChI=1S/C15H26N2O3S/c1-11-5-8-17(12(9-11)13(18)19)14(20)16-10-15(21-2)6-3-4-7-15/h11-12H,3-10H2,1-2H3,(H,16,20)(H,18,19). The smallest absolute Gasteiger partial charge is 0.326 e. The Hall–Kier alpha value is -0.910. The van der Waals surface area contributed by atoms with E-state index in [2.05, 4.69) is 11.6 Å². The predicted octanol–water partition coefficient (Wildman–Crippen LogP) is 2.56. The highest BCUT2D eigenvalue weighted by Crippen LogP contribution is 2.39. The van der Waals surface area contributed by atoms with Gasteiger partial charge in [-0.1, -0.05) is 19.8 Å². The van der Waals surface area contributed by atoms with Crippen LogP contribution in [-0.4, -0.2) is 52.1 Å². The number of nitrogens with one attached hydrogen (secondary N) is 1. The lowest BCUT2D eigenvalue weighted by atomic mass is 9.93. The van der Waals surface area contributed by atoms with Gasteiger partial charge in [0.1, 0.15) is 6.04 Å². The highest BCUT2D eigenvalue weighted by molar-refractivity contribution is 8.00. The molecule has 0 aromatic carbocycles. The summed E-state index contributed by atoms with van der Waals surface area (Å²) in [7, 11) is 0. The molecule has 2 amide bonds. The van der Waals surface area contributed by atoms with Gasteiger partial charge in [-0.2, -0.15) is 11.8 Å². The number of aliphatic carboxylic acids is 1. The van der Waals surface area contributed by atoms with Crippen molar-refractivity contribution < 1.29 is 14.7 Å². The van der Waals surface area contributed by atoms with Crippen molar-refractivity contribution in [2.45, 2.75) is 56.2 Å². The molecule has 2 atom stereocenters. The normalized spacial score (nSPS) is 28.4. The Balaban J connectivity index is 1.93. The molecular weight excluding hydrogens is 288 g/mol. The van der Waals surface area contributed by atoms with Gasteiger partial charge < -0.3 is 15.3 Å². The van der Waals surface area contributed by atoms with Gasteiger partial charge in [-0.3, -0.25) is 0 Å². The summed E-state index contributed by atoms with van der Waals surface area (Å²) in [5.74, 6) is -0.528. The van der Waals surface area contributed by atoms with Crippen molar-refractivity contribution in [3.05, 3.63) is 0 Å². The van der Waals surface area contributed by atoms with Crippen molar-refractivity contribution in [1.29, 1.82) is 0 Å². The van der Waals surface area contributed by atoms with Crippen LogP contribution in [0.3, 0.4) is 0 Å². The average molecular weight is 314 g/mol. The van der Waals surface area contributed by atoms with E-state index in [1.54, 1.807) is 0 Å². The minimum Gasteiger partial charge on any atom is -0.480 e. The van der Waals surface area contributed by atoms with Gasteiger partial charge in [-0.05, 0) is 37.9 Å². The van der Waals surface area contributed by atoms with Crippen LogP contribution in [0.4, 0.5) is 4.79 Å². The largest absolute Gasteiger partial charge is 0.480 e. The maximum atomic E-state index is 12.4. The van der Waals surface area contributed by atoms with Gasteiger partial charge in [0.25, 0.3) is 0 Å². The van der Waals surface area contributed by atoms with E-state index in [1.165, 1.54) is 17.7 Å². The monoisotopic (exact) mass is 314 g/mol. The van der Waals surface area contributed by atoms with Gasteiger partial charge in [-0.25, -0.2) is 9.59 Å². The lowest BCUT2D eigenvalue weighted by Gasteiger charge is -2.37. The molecule has 2 fully saturated rings. The van der Waals surface area contributed by atoms with Crippen LogP contribution in [0.1, 0.15) is 45.4 Å². The van der Waals surface area contributed by atoms with Crippen LogP contribution in [0.25, 0.3) is 0 Å². The zero-order valence-corrected chi connectivity index (χ0v) is 13.7. The number of nitrogens with zero attached hydrogens (tertiary/aromatic N) is 1. The number of urea groups is 1. The van der Waals surface area contributed by atoms with Crippen LogP contribution in [0.5, 0.6) is 0 Å². The molecule has 0 radical (unpaired) electrons. The minimum absolute atomic E-state index is 0.150. The first-order valence-corrected chi connectivity index (χ1v) is 9.02. The first kappa shape index (κ1) is 16.5. The van der Waals surface area contributed by atoms with Crippen molar-refractivity contribution in [2.24, 2.45) is 5.92 Å². The summed E-state index contributed by atoms with van der Waals surface area (Å²) in [6.45, 7) is 3.23. The van der Waals surface area contributed by atoms with Crippen molar-refractivity contribution in [1.82, 2.24) is 10.2 Å². The second kappa shape index (κ2) is 6.90. The molecule has 2 rings (SSSR count). The summed E-state index contributed by atoms with van der Waals surface area (Å²) in [6, 6.07) is -0.891. The minimum atomic E-state index is -0.892. The first-order chi connectivity index (χ1) is 9.97. The Bertz CT molecular complexity index is 396. The molecule has 6 heteroatoms. The third kappa shape index (κ3) is 3.84. The van der Waals surface area contributed by atoms with Gasteiger partial charge in [-0.15, -0.1) is 0 Å². The fourth-order valence-corrected chi connectivity index (χ4v) is 4.34. The van der Waals surface area contributed by atoms with E-state index in [4.69, 9.17) is 0 Å². The number of hydrogen-bond donors (Lipinski definition) is 2. The number of carboxylic acids is 1. The summed E-state index contributed by atoms with van der Waals surface area (Å²) in [6.07, 6.45) is 8.23. The number of amides is 2. The summed E-state index contributed by atoms with van der Waals surface area (Å²) in [5, 5.41) is 12.3. The third-order valence-corrected chi connectivity index (χ3v) is 6.34. The van der Waals surface area contributed by atoms with Crippen molar-refractivity contribution in [3.63, 3.8) is 0 Å². The van der Waals surface area contributed by atoms with E-state index >= 15 is 0 Å². The maximum absolute atomic E-state index is 12.4. The number of hydrogen-bond acceptors (Lipinski definition) is 3. The van der Waals surface area contributed by atoms with Crippen LogP contribution in [0.15, 0.2) is 0 Å². The molecule has 1 aliphatic heterocycles. The zero-order valence-electron chi connectivity index (χ0n) is 12.9. The topological polar surface area (TPSA) is 69.6 Å². The van der Waals surface area contributed by atoms with Crippen LogP contribution in [0.2, 0.25) is 0 Å². The molecule has 0 aromatic rings. The molecule has 0 aromatic heterocycles. The van der Waals surface area contributed by atoms with Crippen LogP contribution in [0, 0.1) is 5.92 Å². The van der Waals surface area contributed by atoms with Crippen LogP contribution in [-0.2, 0) is 4.79 Å². The quantitative estimate of drug-likeness (QED) is 0.837. The number of carboxylic acid groups (broad SMARTS) is 1. The SMILES string of the molecule is CSC1(CNC(=O)N2CCC(C)CC2C(=O)O)CCCC1. The number of rotatable bonds is 4. The van der Waals surface area contributed by atoms with Gasteiger partial charge >= 0.3 is 12.0 Å². The molecule has 2 aliphatic rings. The zero-order chi connectivity index (χ0) is 15.5. The molecule has 1 saturated heterocycles. The second-order valence-electron chi connectivity index (χ2n) is 6.43. The fraction of sp³-hybridized carbons (Fsp3) is 0.867. The lowest BCUT2D eigenvalue weighted by Crippen LogP contribution is -2.54. The Morgan fingerprint density at radius 3 is 2.62 bits per heavy atom. The van der Waals surface area contributed by atoms with E-state index in [9.17, 15) is 14.7 Å². The van der Waals surface area contributed by atoms with Crippen LogP contribution >= 0.6 is 11.8 Å². The molecule has 2 N–H and O–H groups in total. The van der Waals surface area contributed by atoms with E-state index < -0.39 is 12.0 Å². The average Bonchev–Trinajstić information content (AvgIpc) is 2.94. The Morgan fingerprint density at radius 1 is 1.38 bits per heavy atom. The van der Waals surface area contributed by atoms with Gasteiger partial charge in [0.2, 0.25) is 0 Å². The second-order valence-corrected chi connectivity index (χ2v) is 7.70. The molecule has 5 nitrogen and oxygen atoms in total. The number of carbonyl (C=O) groups excluding carboxylic acids is 1. The Morgan fingerprint density at radius 2 is 2.05 bits per heavy atom. The molecule has 0 spiro atoms. The van der Waals surface area contributed by atoms with Gasteiger partial charge in [0, 0.05) is 17.8 Å². The Labute approximate surface area is 130 Å². The fourth-order valence-electron chi connectivity index (χ4n) is 3.43. The molecule has 2 unspecified atom stereocenters. The van der Waals surface area contributed by atoms with Crippen molar-refractivity contribution in [3.8, 4) is 0 Å². The van der Waals surface area contributed by atoms with E-state index in [-0.39, 0.29) is 10.8 Å². The third-order valence-electron chi connectivity index (χ3n) is 4.92. The van der Waals surface area contributed by atoms with Gasteiger partial charge in [0.05, 0.1) is 0 Å². The van der Waals surface area contributed by atoms with E-state index in [1.807, 2.05) is 18.7 Å². The number of likely N-dealkylation sites (tertiary alicyclic amines) is 1. The molecule has 0 bridgehead atoms. The molecule has 21 heavy (non-hydrogen) atoms. The number of thioether (sulfide) groups is 1. The van der Waals surface area contributed by atoms with E-state index in [0.29, 0.717) is 25.4 Å². The predicted molar refractivity (Wildman–Crippen MR) is 84.6 cm³/mol. The molecule has 1 saturated carbocycles. The number of piperidine rings is 1. The van der Waals surface area contributed by atoms with Crippen molar-refractivity contribution >= 4 is 23.8 Å². The van der Waals surface area contributed by atoms with Crippen molar-refractivity contribution in [2.75, 3.05) is 19.3 Å². The molecule has 1 aliphatic carbocycles. The van der Waals surface area contributed by atoms with E-state index in [0.717, 1.165) is 19.3 Å². The van der Waals surface area contributed by atoms with Crippen LogP contribution < -0.4 is 5.32 Å².